The lowest BCUT2D eigenvalue weighted by atomic mass is 10.2. The van der Waals surface area contributed by atoms with Crippen molar-refractivity contribution in [1.82, 2.24) is 9.29 Å². The third kappa shape index (κ3) is 6.77. The highest BCUT2D eigenvalue weighted by Gasteiger charge is 2.38. The fraction of sp³-hybridized carbons (Fsp3) is 0.571. The van der Waals surface area contributed by atoms with E-state index in [0.29, 0.717) is 32.8 Å². The van der Waals surface area contributed by atoms with E-state index in [9.17, 15) is 21.6 Å². The molecule has 2 rings (SSSR count). The van der Waals surface area contributed by atoms with Crippen molar-refractivity contribution >= 4 is 21.8 Å². The first-order valence-electron chi connectivity index (χ1n) is 7.39. The van der Waals surface area contributed by atoms with Crippen LogP contribution in [-0.4, -0.2) is 74.6 Å². The average molecular weight is 399 g/mol. The molecule has 1 N–H and O–H groups in total. The lowest BCUT2D eigenvalue weighted by Crippen LogP contribution is -2.36. The monoisotopic (exact) mass is 399 g/mol. The number of rotatable bonds is 4. The molecule has 0 unspecified atom stereocenters. The van der Waals surface area contributed by atoms with E-state index in [-0.39, 0.29) is 0 Å². The van der Waals surface area contributed by atoms with Crippen molar-refractivity contribution in [3.63, 3.8) is 0 Å². The number of anilines is 1. The highest BCUT2D eigenvalue weighted by molar-refractivity contribution is 7.88. The largest absolute Gasteiger partial charge is 0.490 e. The van der Waals surface area contributed by atoms with Gasteiger partial charge < -0.3 is 14.7 Å². The first-order chi connectivity index (χ1) is 12.0. The number of alkyl halides is 3. The maximum Gasteiger partial charge on any atom is 0.490 e. The van der Waals surface area contributed by atoms with Gasteiger partial charge >= 0.3 is 12.1 Å². The lowest BCUT2D eigenvalue weighted by Gasteiger charge is -2.22. The zero-order valence-corrected chi connectivity index (χ0v) is 15.0. The molecule has 1 aliphatic rings. The van der Waals surface area contributed by atoms with Gasteiger partial charge in [0, 0.05) is 45.0 Å². The van der Waals surface area contributed by atoms with Crippen LogP contribution in [0.15, 0.2) is 18.3 Å². The third-order valence-corrected chi connectivity index (χ3v) is 4.66. The summed E-state index contributed by atoms with van der Waals surface area (Å²) in [6, 6.07) is 3.75. The minimum absolute atomic E-state index is 0.380. The molecule has 0 bridgehead atoms. The van der Waals surface area contributed by atoms with Gasteiger partial charge in [0.25, 0.3) is 0 Å². The van der Waals surface area contributed by atoms with Gasteiger partial charge in [0.1, 0.15) is 5.82 Å². The molecule has 12 heteroatoms. The number of aromatic nitrogens is 1. The molecule has 0 atom stereocenters. The average Bonchev–Trinajstić information content (AvgIpc) is 2.72. The molecule has 0 radical (unpaired) electrons. The molecule has 1 aromatic rings. The summed E-state index contributed by atoms with van der Waals surface area (Å²) in [6.45, 7) is 2.78. The second kappa shape index (κ2) is 9.14. The van der Waals surface area contributed by atoms with Gasteiger partial charge in [0.15, 0.2) is 0 Å². The van der Waals surface area contributed by atoms with E-state index < -0.39 is 22.2 Å². The van der Waals surface area contributed by atoms with E-state index in [0.717, 1.165) is 11.4 Å². The fourth-order valence-electron chi connectivity index (χ4n) is 2.15. The summed E-state index contributed by atoms with van der Waals surface area (Å²) < 4.78 is 61.8. The Morgan fingerprint density at radius 2 is 2.00 bits per heavy atom. The number of methoxy groups -OCH3 is 1. The van der Waals surface area contributed by atoms with Gasteiger partial charge in [-0.1, -0.05) is 6.07 Å². The van der Waals surface area contributed by atoms with Crippen LogP contribution >= 0.6 is 0 Å². The van der Waals surface area contributed by atoms with Crippen LogP contribution in [0.25, 0.3) is 0 Å². The number of ether oxygens (including phenoxy) is 1. The van der Waals surface area contributed by atoms with E-state index in [2.05, 4.69) is 9.88 Å². The van der Waals surface area contributed by atoms with Gasteiger partial charge in [-0.25, -0.2) is 18.2 Å². The number of carboxylic acid groups (broad SMARTS) is 1. The van der Waals surface area contributed by atoms with Crippen LogP contribution in [0.1, 0.15) is 5.56 Å². The quantitative estimate of drug-likeness (QED) is 0.804. The topological polar surface area (TPSA) is 100 Å². The number of nitrogens with zero attached hydrogens (tertiary/aromatic N) is 3. The van der Waals surface area contributed by atoms with Crippen molar-refractivity contribution in [3.8, 4) is 0 Å². The molecular weight excluding hydrogens is 379 g/mol. The van der Waals surface area contributed by atoms with Crippen molar-refractivity contribution in [2.45, 2.75) is 12.7 Å². The SMILES string of the molecule is COCCN1CCN(S(C)(=O)=O)Cc2cccnc21.O=C(O)C(F)(F)F. The van der Waals surface area contributed by atoms with Crippen molar-refractivity contribution in [3.05, 3.63) is 23.9 Å². The van der Waals surface area contributed by atoms with Crippen molar-refractivity contribution < 1.29 is 36.2 Å². The van der Waals surface area contributed by atoms with E-state index in [1.807, 2.05) is 12.1 Å². The second-order valence-electron chi connectivity index (χ2n) is 5.37. The number of hydrogen-bond donors (Lipinski definition) is 1. The predicted molar refractivity (Wildman–Crippen MR) is 87.3 cm³/mol. The van der Waals surface area contributed by atoms with Gasteiger partial charge in [-0.05, 0) is 6.07 Å². The van der Waals surface area contributed by atoms with Crippen molar-refractivity contribution in [1.29, 1.82) is 0 Å². The number of halogens is 3. The molecule has 0 fully saturated rings. The Labute approximate surface area is 149 Å². The Hall–Kier alpha value is -1.92. The standard InChI is InChI=1S/C12H19N3O3S.C2HF3O2/c1-18-9-8-14-6-7-15(19(2,16)17)10-11-4-3-5-13-12(11)14;3-2(4,5)1(6)7/h3-5H,6-10H2,1-2H3;(H,6,7). The van der Waals surface area contributed by atoms with Gasteiger partial charge in [-0.3, -0.25) is 0 Å². The summed E-state index contributed by atoms with van der Waals surface area (Å²) in [5, 5.41) is 7.12. The molecule has 2 heterocycles. The van der Waals surface area contributed by atoms with E-state index >= 15 is 0 Å². The smallest absolute Gasteiger partial charge is 0.475 e. The first kappa shape index (κ1) is 22.1. The van der Waals surface area contributed by atoms with Crippen LogP contribution in [-0.2, 0) is 26.1 Å². The minimum atomic E-state index is -5.08. The molecule has 0 aromatic carbocycles. The summed E-state index contributed by atoms with van der Waals surface area (Å²) in [4.78, 5) is 15.3. The number of pyridine rings is 1. The molecule has 26 heavy (non-hydrogen) atoms. The molecule has 0 saturated heterocycles. The lowest BCUT2D eigenvalue weighted by molar-refractivity contribution is -0.192. The first-order valence-corrected chi connectivity index (χ1v) is 9.24. The van der Waals surface area contributed by atoms with Crippen molar-refractivity contribution in [2.24, 2.45) is 0 Å². The zero-order valence-electron chi connectivity index (χ0n) is 14.2. The Balaban J connectivity index is 0.000000412. The summed E-state index contributed by atoms with van der Waals surface area (Å²) in [5.74, 6) is -1.90. The zero-order chi connectivity index (χ0) is 20.0. The van der Waals surface area contributed by atoms with Crippen molar-refractivity contribution in [2.75, 3.05) is 44.5 Å². The van der Waals surface area contributed by atoms with E-state index in [1.54, 1.807) is 13.3 Å². The molecule has 0 aliphatic carbocycles. The summed E-state index contributed by atoms with van der Waals surface area (Å²) in [5.41, 5.74) is 0.932. The summed E-state index contributed by atoms with van der Waals surface area (Å²) in [6.07, 6.45) is -2.11. The maximum absolute atomic E-state index is 11.7. The third-order valence-electron chi connectivity index (χ3n) is 3.41. The summed E-state index contributed by atoms with van der Waals surface area (Å²) in [7, 11) is -1.54. The Bertz CT molecular complexity index is 712. The number of fused-ring (bicyclic) bond motifs is 1. The highest BCUT2D eigenvalue weighted by Crippen LogP contribution is 2.23. The Kier molecular flexibility index (Phi) is 7.78. The fourth-order valence-corrected chi connectivity index (χ4v) is 2.93. The highest BCUT2D eigenvalue weighted by atomic mass is 32.2. The predicted octanol–water partition coefficient (Wildman–Crippen LogP) is 0.943. The van der Waals surface area contributed by atoms with Gasteiger partial charge in [0.05, 0.1) is 12.9 Å². The normalized spacial score (nSPS) is 15.5. The Morgan fingerprint density at radius 3 is 2.50 bits per heavy atom. The van der Waals surface area contributed by atoms with Crippen LogP contribution < -0.4 is 4.90 Å². The molecular formula is C14H20F3N3O5S. The van der Waals surface area contributed by atoms with Gasteiger partial charge in [-0.2, -0.15) is 17.5 Å². The van der Waals surface area contributed by atoms with E-state index in [4.69, 9.17) is 14.6 Å². The van der Waals surface area contributed by atoms with Crippen LogP contribution in [0, 0.1) is 0 Å². The van der Waals surface area contributed by atoms with Crippen LogP contribution in [0.3, 0.4) is 0 Å². The maximum atomic E-state index is 11.7. The summed E-state index contributed by atoms with van der Waals surface area (Å²) >= 11 is 0. The Morgan fingerprint density at radius 1 is 1.38 bits per heavy atom. The van der Waals surface area contributed by atoms with E-state index in [1.165, 1.54) is 10.6 Å². The van der Waals surface area contributed by atoms with Crippen LogP contribution in [0.2, 0.25) is 0 Å². The molecule has 1 aromatic heterocycles. The number of carboxylic acids is 1. The molecule has 0 saturated carbocycles. The second-order valence-corrected chi connectivity index (χ2v) is 7.35. The van der Waals surface area contributed by atoms with Crippen LogP contribution in [0.4, 0.5) is 19.0 Å². The molecule has 8 nitrogen and oxygen atoms in total. The molecule has 0 spiro atoms. The minimum Gasteiger partial charge on any atom is -0.475 e. The number of sulfonamides is 1. The van der Waals surface area contributed by atoms with Crippen LogP contribution in [0.5, 0.6) is 0 Å². The number of hydrogen-bond acceptors (Lipinski definition) is 6. The number of carbonyl (C=O) groups is 1. The number of aliphatic carboxylic acids is 1. The molecule has 1 aliphatic heterocycles. The molecule has 0 amide bonds. The molecule has 148 valence electrons. The van der Waals surface area contributed by atoms with Gasteiger partial charge in [-0.15, -0.1) is 0 Å². The van der Waals surface area contributed by atoms with Gasteiger partial charge in [0.2, 0.25) is 10.0 Å².